The van der Waals surface area contributed by atoms with Crippen LogP contribution in [-0.4, -0.2) is 9.13 Å². The molecule has 1 aliphatic carbocycles. The molecule has 32 heavy (non-hydrogen) atoms. The van der Waals surface area contributed by atoms with Crippen molar-refractivity contribution in [1.29, 1.82) is 0 Å². The maximum Gasteiger partial charge on any atom is 0.258 e. The van der Waals surface area contributed by atoms with E-state index in [9.17, 15) is 9.18 Å². The molecule has 2 heterocycles. The van der Waals surface area contributed by atoms with Crippen LogP contribution in [0.15, 0.2) is 65.6 Å². The number of aromatic nitrogens is 2. The number of ether oxygens (including phenoxy) is 1. The van der Waals surface area contributed by atoms with Crippen LogP contribution in [0.5, 0.6) is 5.75 Å². The standard InChI is InChI=1S/C26H25FN2O2.ClH/c1-28-24-6-4-2-3-5-22(24)23-12-11-20(15-25(23)28)29-14-13-21(16-26(29)30)31-17-18-7-9-19(27)10-8-18;/h7-16H,2-6,17H2,1H3;1H. The molecule has 0 unspecified atom stereocenters. The summed E-state index contributed by atoms with van der Waals surface area (Å²) >= 11 is 0. The molecule has 1 aliphatic rings. The third-order valence-corrected chi connectivity index (χ3v) is 6.25. The minimum absolute atomic E-state index is 0. The molecule has 166 valence electrons. The fourth-order valence-electron chi connectivity index (χ4n) is 4.59. The van der Waals surface area contributed by atoms with Crippen molar-refractivity contribution in [3.8, 4) is 11.4 Å². The Kier molecular flexibility index (Phi) is 6.38. The van der Waals surface area contributed by atoms with Crippen molar-refractivity contribution in [2.45, 2.75) is 38.7 Å². The van der Waals surface area contributed by atoms with Crippen molar-refractivity contribution in [3.63, 3.8) is 0 Å². The van der Waals surface area contributed by atoms with E-state index < -0.39 is 0 Å². The number of nitrogens with zero attached hydrogens (tertiary/aromatic N) is 2. The Balaban J connectivity index is 0.00000245. The highest BCUT2D eigenvalue weighted by molar-refractivity contribution is 5.87. The molecule has 0 N–H and O–H groups in total. The molecule has 0 spiro atoms. The molecular formula is C26H26ClFN2O2. The summed E-state index contributed by atoms with van der Waals surface area (Å²) in [6.07, 6.45) is 7.77. The number of hydrogen-bond donors (Lipinski definition) is 0. The predicted molar refractivity (Wildman–Crippen MR) is 128 cm³/mol. The van der Waals surface area contributed by atoms with Crippen molar-refractivity contribution in [2.75, 3.05) is 0 Å². The van der Waals surface area contributed by atoms with E-state index in [0.29, 0.717) is 5.75 Å². The summed E-state index contributed by atoms with van der Waals surface area (Å²) in [5.74, 6) is 0.218. The van der Waals surface area contributed by atoms with Gasteiger partial charge in [-0.05, 0) is 67.1 Å². The van der Waals surface area contributed by atoms with Crippen LogP contribution in [0.25, 0.3) is 16.6 Å². The van der Waals surface area contributed by atoms with E-state index >= 15 is 0 Å². The van der Waals surface area contributed by atoms with Crippen molar-refractivity contribution in [3.05, 3.63) is 93.8 Å². The zero-order valence-electron chi connectivity index (χ0n) is 18.0. The van der Waals surface area contributed by atoms with Gasteiger partial charge in [-0.1, -0.05) is 24.6 Å². The predicted octanol–water partition coefficient (Wildman–Crippen LogP) is 5.74. The third-order valence-electron chi connectivity index (χ3n) is 6.25. The number of fused-ring (bicyclic) bond motifs is 3. The highest BCUT2D eigenvalue weighted by Crippen LogP contribution is 2.31. The van der Waals surface area contributed by atoms with Gasteiger partial charge in [0, 0.05) is 30.4 Å². The summed E-state index contributed by atoms with van der Waals surface area (Å²) in [5.41, 5.74) is 5.62. The first kappa shape index (κ1) is 22.2. The van der Waals surface area contributed by atoms with E-state index in [-0.39, 0.29) is 30.4 Å². The zero-order chi connectivity index (χ0) is 21.4. The Labute approximate surface area is 192 Å². The topological polar surface area (TPSA) is 36.2 Å². The van der Waals surface area contributed by atoms with Gasteiger partial charge in [0.15, 0.2) is 0 Å². The van der Waals surface area contributed by atoms with Gasteiger partial charge in [0.2, 0.25) is 0 Å². The largest absolute Gasteiger partial charge is 0.489 e. The molecule has 2 aromatic carbocycles. The summed E-state index contributed by atoms with van der Waals surface area (Å²) in [6, 6.07) is 15.7. The second kappa shape index (κ2) is 9.21. The summed E-state index contributed by atoms with van der Waals surface area (Å²) < 4.78 is 22.7. The Hall–Kier alpha value is -3.05. The highest BCUT2D eigenvalue weighted by atomic mass is 35.5. The van der Waals surface area contributed by atoms with Crippen molar-refractivity contribution >= 4 is 23.3 Å². The van der Waals surface area contributed by atoms with Gasteiger partial charge in [0.25, 0.3) is 5.56 Å². The fraction of sp³-hybridized carbons (Fsp3) is 0.269. The third kappa shape index (κ3) is 4.17. The summed E-state index contributed by atoms with van der Waals surface area (Å²) in [6.45, 7) is 0.282. The van der Waals surface area contributed by atoms with E-state index in [4.69, 9.17) is 4.74 Å². The van der Waals surface area contributed by atoms with Crippen LogP contribution in [0, 0.1) is 5.82 Å². The van der Waals surface area contributed by atoms with Gasteiger partial charge in [-0.2, -0.15) is 0 Å². The average molecular weight is 453 g/mol. The lowest BCUT2D eigenvalue weighted by Crippen LogP contribution is -2.16. The molecule has 0 saturated carbocycles. The molecule has 0 aliphatic heterocycles. The molecule has 0 fully saturated rings. The minimum atomic E-state index is -0.280. The van der Waals surface area contributed by atoms with Gasteiger partial charge in [0.05, 0.1) is 11.2 Å². The zero-order valence-corrected chi connectivity index (χ0v) is 18.8. The lowest BCUT2D eigenvalue weighted by Gasteiger charge is -2.10. The van der Waals surface area contributed by atoms with Crippen LogP contribution < -0.4 is 10.3 Å². The maximum absolute atomic E-state index is 13.0. The number of rotatable bonds is 4. The van der Waals surface area contributed by atoms with Crippen LogP contribution in [-0.2, 0) is 26.5 Å². The Morgan fingerprint density at radius 3 is 2.53 bits per heavy atom. The van der Waals surface area contributed by atoms with Gasteiger partial charge in [0.1, 0.15) is 18.2 Å². The van der Waals surface area contributed by atoms with Crippen LogP contribution in [0.2, 0.25) is 0 Å². The van der Waals surface area contributed by atoms with Crippen LogP contribution in [0.3, 0.4) is 0 Å². The average Bonchev–Trinajstić information content (AvgIpc) is 2.93. The molecule has 0 amide bonds. The van der Waals surface area contributed by atoms with Crippen molar-refractivity contribution in [2.24, 2.45) is 7.05 Å². The normalized spacial score (nSPS) is 13.3. The summed E-state index contributed by atoms with van der Waals surface area (Å²) in [7, 11) is 2.13. The Morgan fingerprint density at radius 2 is 1.75 bits per heavy atom. The number of halogens is 2. The van der Waals surface area contributed by atoms with E-state index in [0.717, 1.165) is 24.1 Å². The first-order valence-electron chi connectivity index (χ1n) is 10.8. The van der Waals surface area contributed by atoms with Gasteiger partial charge >= 0.3 is 0 Å². The van der Waals surface area contributed by atoms with Crippen LogP contribution in [0.1, 0.15) is 36.1 Å². The quantitative estimate of drug-likeness (QED) is 0.370. The van der Waals surface area contributed by atoms with Gasteiger partial charge in [-0.15, -0.1) is 12.4 Å². The molecule has 0 radical (unpaired) electrons. The SMILES string of the molecule is Cl.Cn1c2c(c3ccc(-n4ccc(OCc5ccc(F)cc5)cc4=O)cc31)CCCCC2. The first-order chi connectivity index (χ1) is 15.1. The van der Waals surface area contributed by atoms with Gasteiger partial charge in [-0.3, -0.25) is 9.36 Å². The molecule has 5 rings (SSSR count). The van der Waals surface area contributed by atoms with E-state index in [1.165, 1.54) is 59.6 Å². The first-order valence-corrected chi connectivity index (χ1v) is 10.8. The number of hydrogen-bond acceptors (Lipinski definition) is 2. The number of pyridine rings is 1. The molecule has 0 bridgehead atoms. The molecule has 4 aromatic rings. The molecular weight excluding hydrogens is 427 g/mol. The monoisotopic (exact) mass is 452 g/mol. The van der Waals surface area contributed by atoms with Gasteiger partial charge in [-0.25, -0.2) is 4.39 Å². The summed E-state index contributed by atoms with van der Waals surface area (Å²) in [4.78, 5) is 12.8. The number of aryl methyl sites for hydroxylation is 2. The van der Waals surface area contributed by atoms with E-state index in [2.05, 4.69) is 23.7 Å². The second-order valence-electron chi connectivity index (χ2n) is 8.23. The van der Waals surface area contributed by atoms with Gasteiger partial charge < -0.3 is 9.30 Å². The lowest BCUT2D eigenvalue weighted by molar-refractivity contribution is 0.305. The lowest BCUT2D eigenvalue weighted by atomic mass is 10.1. The maximum atomic E-state index is 13.0. The van der Waals surface area contributed by atoms with Crippen molar-refractivity contribution < 1.29 is 9.13 Å². The highest BCUT2D eigenvalue weighted by Gasteiger charge is 2.17. The molecule has 0 saturated heterocycles. The molecule has 6 heteroatoms. The Bertz CT molecular complexity index is 1310. The van der Waals surface area contributed by atoms with Crippen molar-refractivity contribution in [1.82, 2.24) is 9.13 Å². The molecule has 2 aromatic heterocycles. The fourth-order valence-corrected chi connectivity index (χ4v) is 4.59. The van der Waals surface area contributed by atoms with Crippen LogP contribution >= 0.6 is 12.4 Å². The number of benzene rings is 2. The smallest absolute Gasteiger partial charge is 0.258 e. The Morgan fingerprint density at radius 1 is 0.969 bits per heavy atom. The molecule has 4 nitrogen and oxygen atoms in total. The van der Waals surface area contributed by atoms with Crippen LogP contribution in [0.4, 0.5) is 4.39 Å². The van der Waals surface area contributed by atoms with E-state index in [1.807, 2.05) is 6.07 Å². The summed E-state index contributed by atoms with van der Waals surface area (Å²) in [5, 5.41) is 1.30. The van der Waals surface area contributed by atoms with E-state index in [1.54, 1.807) is 29.0 Å². The minimum Gasteiger partial charge on any atom is -0.489 e. The molecule has 0 atom stereocenters. The second-order valence-corrected chi connectivity index (χ2v) is 8.23.